The number of urea groups is 1. The molecule has 1 aliphatic heterocycles. The molecule has 1 N–H and O–H groups in total. The van der Waals surface area contributed by atoms with Crippen LogP contribution in [0.5, 0.6) is 0 Å². The van der Waals surface area contributed by atoms with Crippen molar-refractivity contribution in [2.75, 3.05) is 11.4 Å². The van der Waals surface area contributed by atoms with E-state index in [1.165, 1.54) is 0 Å². The fourth-order valence-corrected chi connectivity index (χ4v) is 2.51. The Bertz CT molecular complexity index is 660. The number of hydrogen-bond donors (Lipinski definition) is 1. The van der Waals surface area contributed by atoms with Crippen molar-refractivity contribution in [3.05, 3.63) is 30.5 Å². The number of imide groups is 1. The van der Waals surface area contributed by atoms with Crippen molar-refractivity contribution in [2.24, 2.45) is 0 Å². The van der Waals surface area contributed by atoms with Gasteiger partial charge in [-0.15, -0.1) is 0 Å². The maximum atomic E-state index is 11.9. The van der Waals surface area contributed by atoms with Crippen LogP contribution in [0.3, 0.4) is 0 Å². The third-order valence-corrected chi connectivity index (χ3v) is 3.48. The van der Waals surface area contributed by atoms with E-state index in [1.807, 2.05) is 30.5 Å². The molecule has 1 aromatic carbocycles. The summed E-state index contributed by atoms with van der Waals surface area (Å²) in [6, 6.07) is 7.56. The van der Waals surface area contributed by atoms with Crippen molar-refractivity contribution < 1.29 is 9.59 Å². The average Bonchev–Trinajstić information content (AvgIpc) is 2.82. The highest BCUT2D eigenvalue weighted by Gasteiger charge is 2.25. The van der Waals surface area contributed by atoms with E-state index in [-0.39, 0.29) is 11.9 Å². The first-order chi connectivity index (χ1) is 9.20. The third kappa shape index (κ3) is 1.87. The smallest absolute Gasteiger partial charge is 0.328 e. The summed E-state index contributed by atoms with van der Waals surface area (Å²) in [4.78, 5) is 24.7. The summed E-state index contributed by atoms with van der Waals surface area (Å²) in [7, 11) is 0. The van der Waals surface area contributed by atoms with Crippen molar-refractivity contribution in [1.82, 2.24) is 9.88 Å². The molecule has 2 aromatic rings. The van der Waals surface area contributed by atoms with Crippen molar-refractivity contribution >= 4 is 28.5 Å². The molecule has 0 aliphatic carbocycles. The molecule has 1 aliphatic rings. The average molecular weight is 257 g/mol. The quantitative estimate of drug-likeness (QED) is 0.895. The lowest BCUT2D eigenvalue weighted by atomic mass is 10.1. The highest BCUT2D eigenvalue weighted by Crippen LogP contribution is 2.28. The molecule has 0 saturated carbocycles. The fourth-order valence-electron chi connectivity index (χ4n) is 2.51. The summed E-state index contributed by atoms with van der Waals surface area (Å²) >= 11 is 0. The summed E-state index contributed by atoms with van der Waals surface area (Å²) in [5.74, 6) is -0.209. The molecule has 3 rings (SSSR count). The first-order valence-electron chi connectivity index (χ1n) is 6.40. The number of carbonyl (C=O) groups excluding carboxylic acids is 2. The summed E-state index contributed by atoms with van der Waals surface area (Å²) in [6.07, 6.45) is 2.36. The number of aromatic nitrogens is 1. The lowest BCUT2D eigenvalue weighted by molar-refractivity contribution is -0.120. The third-order valence-electron chi connectivity index (χ3n) is 3.48. The van der Waals surface area contributed by atoms with Crippen molar-refractivity contribution in [2.45, 2.75) is 19.9 Å². The normalized spacial score (nSPS) is 15.9. The van der Waals surface area contributed by atoms with E-state index in [4.69, 9.17) is 0 Å². The number of aryl methyl sites for hydroxylation is 1. The van der Waals surface area contributed by atoms with Gasteiger partial charge in [0, 0.05) is 31.1 Å². The standard InChI is InChI=1S/C14H15N3O2/c1-2-16-8-6-10-11(16)4-3-5-12(10)17-9-7-13(18)15-14(17)19/h3-6,8H,2,7,9H2,1H3,(H,15,18,19). The minimum atomic E-state index is -0.340. The van der Waals surface area contributed by atoms with Gasteiger partial charge >= 0.3 is 6.03 Å². The Labute approximate surface area is 110 Å². The summed E-state index contributed by atoms with van der Waals surface area (Å²) < 4.78 is 2.13. The molecule has 3 amide bonds. The predicted molar refractivity (Wildman–Crippen MR) is 73.1 cm³/mol. The lowest BCUT2D eigenvalue weighted by Crippen LogP contribution is -2.49. The van der Waals surface area contributed by atoms with Crippen molar-refractivity contribution in [3.8, 4) is 0 Å². The van der Waals surface area contributed by atoms with Gasteiger partial charge in [0.2, 0.25) is 5.91 Å². The molecule has 19 heavy (non-hydrogen) atoms. The van der Waals surface area contributed by atoms with Gasteiger partial charge in [-0.2, -0.15) is 0 Å². The second-order valence-electron chi connectivity index (χ2n) is 4.57. The van der Waals surface area contributed by atoms with Gasteiger partial charge in [-0.3, -0.25) is 15.0 Å². The molecule has 0 spiro atoms. The Morgan fingerprint density at radius 1 is 1.26 bits per heavy atom. The molecule has 0 unspecified atom stereocenters. The van der Waals surface area contributed by atoms with Crippen molar-refractivity contribution in [1.29, 1.82) is 0 Å². The molecule has 1 fully saturated rings. The lowest BCUT2D eigenvalue weighted by Gasteiger charge is -2.27. The van der Waals surface area contributed by atoms with E-state index in [0.29, 0.717) is 13.0 Å². The molecule has 98 valence electrons. The highest BCUT2D eigenvalue weighted by molar-refractivity contribution is 6.09. The first kappa shape index (κ1) is 11.8. The number of carbonyl (C=O) groups is 2. The number of benzene rings is 1. The van der Waals surface area contributed by atoms with E-state index < -0.39 is 0 Å². The maximum Gasteiger partial charge on any atom is 0.328 e. The molecule has 2 heterocycles. The van der Waals surface area contributed by atoms with Gasteiger partial charge in [0.05, 0.1) is 11.2 Å². The number of nitrogens with zero attached hydrogens (tertiary/aromatic N) is 2. The van der Waals surface area contributed by atoms with Crippen LogP contribution in [0.1, 0.15) is 13.3 Å². The predicted octanol–water partition coefficient (Wildman–Crippen LogP) is 2.11. The number of anilines is 1. The van der Waals surface area contributed by atoms with Crippen LogP contribution in [0, 0.1) is 0 Å². The molecule has 5 nitrogen and oxygen atoms in total. The van der Waals surface area contributed by atoms with Crippen LogP contribution in [-0.4, -0.2) is 23.1 Å². The Morgan fingerprint density at radius 3 is 2.84 bits per heavy atom. The molecule has 0 radical (unpaired) electrons. The SMILES string of the molecule is CCn1ccc2c(N3CCC(=O)NC3=O)cccc21. The minimum absolute atomic E-state index is 0.209. The van der Waals surface area contributed by atoms with Gasteiger partial charge < -0.3 is 4.57 Å². The van der Waals surface area contributed by atoms with Gasteiger partial charge in [-0.1, -0.05) is 6.07 Å². The van der Waals surface area contributed by atoms with Gasteiger partial charge in [-0.05, 0) is 25.1 Å². The van der Waals surface area contributed by atoms with E-state index in [9.17, 15) is 9.59 Å². The molecule has 0 bridgehead atoms. The van der Waals surface area contributed by atoms with E-state index in [1.54, 1.807) is 4.90 Å². The molecular formula is C14H15N3O2. The second-order valence-corrected chi connectivity index (χ2v) is 4.57. The van der Waals surface area contributed by atoms with Gasteiger partial charge in [0.15, 0.2) is 0 Å². The van der Waals surface area contributed by atoms with Gasteiger partial charge in [0.25, 0.3) is 0 Å². The Hall–Kier alpha value is -2.30. The minimum Gasteiger partial charge on any atom is -0.348 e. The molecule has 0 atom stereocenters. The number of rotatable bonds is 2. The van der Waals surface area contributed by atoms with Gasteiger partial charge in [-0.25, -0.2) is 4.79 Å². The Balaban J connectivity index is 2.08. The van der Waals surface area contributed by atoms with Gasteiger partial charge in [0.1, 0.15) is 0 Å². The molecule has 1 saturated heterocycles. The van der Waals surface area contributed by atoms with Crippen LogP contribution in [0.25, 0.3) is 10.9 Å². The Kier molecular flexibility index (Phi) is 2.74. The van der Waals surface area contributed by atoms with Crippen LogP contribution < -0.4 is 10.2 Å². The fraction of sp³-hybridized carbons (Fsp3) is 0.286. The number of fused-ring (bicyclic) bond motifs is 1. The topological polar surface area (TPSA) is 54.3 Å². The summed E-state index contributed by atoms with van der Waals surface area (Å²) in [6.45, 7) is 3.40. The van der Waals surface area contributed by atoms with Crippen LogP contribution >= 0.6 is 0 Å². The molecular weight excluding hydrogens is 242 g/mol. The van der Waals surface area contributed by atoms with Crippen LogP contribution in [0.2, 0.25) is 0 Å². The Morgan fingerprint density at radius 2 is 2.11 bits per heavy atom. The number of hydrogen-bond acceptors (Lipinski definition) is 2. The monoisotopic (exact) mass is 257 g/mol. The van der Waals surface area contributed by atoms with Crippen LogP contribution in [-0.2, 0) is 11.3 Å². The zero-order valence-electron chi connectivity index (χ0n) is 10.7. The summed E-state index contributed by atoms with van der Waals surface area (Å²) in [5, 5.41) is 3.39. The zero-order valence-corrected chi connectivity index (χ0v) is 10.7. The van der Waals surface area contributed by atoms with E-state index in [2.05, 4.69) is 16.8 Å². The largest absolute Gasteiger partial charge is 0.348 e. The van der Waals surface area contributed by atoms with Crippen molar-refractivity contribution in [3.63, 3.8) is 0 Å². The molecule has 5 heteroatoms. The summed E-state index contributed by atoms with van der Waals surface area (Å²) in [5.41, 5.74) is 1.96. The van der Waals surface area contributed by atoms with Crippen LogP contribution in [0.15, 0.2) is 30.5 Å². The number of nitrogens with one attached hydrogen (secondary N) is 1. The first-order valence-corrected chi connectivity index (χ1v) is 6.40. The van der Waals surface area contributed by atoms with Crippen LogP contribution in [0.4, 0.5) is 10.5 Å². The second kappa shape index (κ2) is 4.42. The zero-order chi connectivity index (χ0) is 13.4. The maximum absolute atomic E-state index is 11.9. The number of amides is 3. The highest BCUT2D eigenvalue weighted by atomic mass is 16.2. The molecule has 1 aromatic heterocycles. The van der Waals surface area contributed by atoms with E-state index in [0.717, 1.165) is 23.1 Å². The van der Waals surface area contributed by atoms with E-state index >= 15 is 0 Å².